The van der Waals surface area contributed by atoms with Crippen molar-refractivity contribution in [2.24, 2.45) is 7.05 Å². The van der Waals surface area contributed by atoms with Crippen LogP contribution in [0.3, 0.4) is 0 Å². The lowest BCUT2D eigenvalue weighted by atomic mass is 10.1. The van der Waals surface area contributed by atoms with Crippen molar-refractivity contribution in [3.63, 3.8) is 0 Å². The van der Waals surface area contributed by atoms with Gasteiger partial charge in [-0.1, -0.05) is 30.8 Å². The molecule has 1 aromatic heterocycles. The van der Waals surface area contributed by atoms with E-state index >= 15 is 0 Å². The Bertz CT molecular complexity index is 1070. The van der Waals surface area contributed by atoms with Crippen LogP contribution in [0.5, 0.6) is 5.75 Å². The number of aryl methyl sites for hydroxylation is 3. The predicted octanol–water partition coefficient (Wildman–Crippen LogP) is 5.63. The Balaban J connectivity index is 1.59. The normalized spacial score (nSPS) is 11.9. The van der Waals surface area contributed by atoms with Gasteiger partial charge in [-0.3, -0.25) is 4.79 Å². The van der Waals surface area contributed by atoms with E-state index in [9.17, 15) is 4.79 Å². The summed E-state index contributed by atoms with van der Waals surface area (Å²) in [5.74, 6) is 1.64. The Morgan fingerprint density at radius 2 is 1.87 bits per heavy atom. The molecule has 6 nitrogen and oxygen atoms in total. The number of hydrogen-bond donors (Lipinski definition) is 1. The van der Waals surface area contributed by atoms with E-state index in [1.165, 1.54) is 22.9 Å². The highest BCUT2D eigenvalue weighted by molar-refractivity contribution is 9.10. The molecule has 0 unspecified atom stereocenters. The molecule has 0 bridgehead atoms. The third-order valence-corrected chi connectivity index (χ3v) is 6.74. The molecule has 1 amide bonds. The van der Waals surface area contributed by atoms with Gasteiger partial charge >= 0.3 is 0 Å². The van der Waals surface area contributed by atoms with Crippen molar-refractivity contribution in [3.05, 3.63) is 63.4 Å². The fraction of sp³-hybridized carbons (Fsp3) is 0.348. The summed E-state index contributed by atoms with van der Waals surface area (Å²) in [7, 11) is 1.88. The van der Waals surface area contributed by atoms with E-state index < -0.39 is 0 Å². The zero-order valence-corrected chi connectivity index (χ0v) is 20.8. The summed E-state index contributed by atoms with van der Waals surface area (Å²) in [6.07, 6.45) is 0.730. The second-order valence-electron chi connectivity index (χ2n) is 7.41. The number of thioether (sulfide) groups is 1. The first-order chi connectivity index (χ1) is 14.8. The van der Waals surface area contributed by atoms with Gasteiger partial charge in [0.15, 0.2) is 17.1 Å². The molecule has 0 saturated heterocycles. The van der Waals surface area contributed by atoms with E-state index in [1.54, 1.807) is 0 Å². The van der Waals surface area contributed by atoms with Crippen LogP contribution in [0.1, 0.15) is 42.5 Å². The van der Waals surface area contributed by atoms with Gasteiger partial charge in [-0.05, 0) is 84.1 Å². The minimum atomic E-state index is -0.264. The number of halogens is 1. The molecule has 164 valence electrons. The number of hydrogen-bond acceptors (Lipinski definition) is 5. The monoisotopic (exact) mass is 502 g/mol. The quantitative estimate of drug-likeness (QED) is 0.404. The summed E-state index contributed by atoms with van der Waals surface area (Å²) in [5, 5.41) is 12.1. The first-order valence-electron chi connectivity index (χ1n) is 10.1. The van der Waals surface area contributed by atoms with Crippen molar-refractivity contribution in [3.8, 4) is 5.75 Å². The number of rotatable bonds is 8. The summed E-state index contributed by atoms with van der Waals surface area (Å²) in [6.45, 7) is 8.13. The topological polar surface area (TPSA) is 69.0 Å². The maximum atomic E-state index is 12.4. The van der Waals surface area contributed by atoms with Crippen LogP contribution < -0.4 is 10.1 Å². The summed E-state index contributed by atoms with van der Waals surface area (Å²) < 4.78 is 8.75. The number of carbonyl (C=O) groups is 1. The minimum absolute atomic E-state index is 0.0983. The number of anilines is 1. The van der Waals surface area contributed by atoms with Crippen LogP contribution in [0.2, 0.25) is 0 Å². The summed E-state index contributed by atoms with van der Waals surface area (Å²) in [5.41, 5.74) is 4.33. The standard InChI is InChI=1S/C23H27BrN4O2S/c1-6-17-7-9-18(10-8-17)30-16(4)22-26-27-23(28(22)5)31-13-21(29)25-20-12-15(3)14(2)11-19(20)24/h7-12,16H,6,13H2,1-5H3,(H,25,29)/t16-/m1/s1. The molecule has 0 spiro atoms. The molecule has 3 aromatic rings. The van der Waals surface area contributed by atoms with Crippen molar-refractivity contribution < 1.29 is 9.53 Å². The number of amides is 1. The second kappa shape index (κ2) is 10.3. The first kappa shape index (κ1) is 23.3. The Morgan fingerprint density at radius 1 is 1.19 bits per heavy atom. The third-order valence-electron chi connectivity index (χ3n) is 5.07. The Labute approximate surface area is 195 Å². The molecule has 1 N–H and O–H groups in total. The molecule has 0 fully saturated rings. The van der Waals surface area contributed by atoms with Crippen LogP contribution in [0, 0.1) is 13.8 Å². The van der Waals surface area contributed by atoms with Crippen LogP contribution in [0.25, 0.3) is 0 Å². The maximum Gasteiger partial charge on any atom is 0.234 e. The van der Waals surface area contributed by atoms with Crippen molar-refractivity contribution >= 4 is 39.3 Å². The Morgan fingerprint density at radius 3 is 2.55 bits per heavy atom. The van der Waals surface area contributed by atoms with E-state index in [0.29, 0.717) is 11.0 Å². The molecular formula is C23H27BrN4O2S. The largest absolute Gasteiger partial charge is 0.483 e. The van der Waals surface area contributed by atoms with Gasteiger partial charge in [0.05, 0.1) is 11.4 Å². The summed E-state index contributed by atoms with van der Waals surface area (Å²) in [6, 6.07) is 12.0. The molecule has 31 heavy (non-hydrogen) atoms. The molecule has 1 atom stereocenters. The van der Waals surface area contributed by atoms with Crippen molar-refractivity contribution in [1.29, 1.82) is 0 Å². The molecule has 0 aliphatic rings. The molecule has 0 aliphatic heterocycles. The predicted molar refractivity (Wildman–Crippen MR) is 129 cm³/mol. The number of carbonyl (C=O) groups excluding carboxylic acids is 1. The van der Waals surface area contributed by atoms with Gasteiger partial charge in [0.2, 0.25) is 5.91 Å². The maximum absolute atomic E-state index is 12.4. The van der Waals surface area contributed by atoms with Gasteiger partial charge in [-0.2, -0.15) is 0 Å². The molecule has 0 saturated carbocycles. The lowest BCUT2D eigenvalue weighted by Gasteiger charge is -2.14. The highest BCUT2D eigenvalue weighted by Crippen LogP contribution is 2.27. The van der Waals surface area contributed by atoms with E-state index in [1.807, 2.05) is 56.7 Å². The third kappa shape index (κ3) is 5.89. The highest BCUT2D eigenvalue weighted by Gasteiger charge is 2.18. The zero-order chi connectivity index (χ0) is 22.5. The highest BCUT2D eigenvalue weighted by atomic mass is 79.9. The molecular weight excluding hydrogens is 476 g/mol. The average molecular weight is 503 g/mol. The van der Waals surface area contributed by atoms with Crippen LogP contribution in [-0.4, -0.2) is 26.4 Å². The van der Waals surface area contributed by atoms with Crippen molar-refractivity contribution in [1.82, 2.24) is 14.8 Å². The smallest absolute Gasteiger partial charge is 0.234 e. The van der Waals surface area contributed by atoms with E-state index in [-0.39, 0.29) is 17.8 Å². The van der Waals surface area contributed by atoms with Crippen LogP contribution >= 0.6 is 27.7 Å². The molecule has 3 rings (SSSR count). The fourth-order valence-electron chi connectivity index (χ4n) is 3.06. The summed E-state index contributed by atoms with van der Waals surface area (Å²) >= 11 is 4.85. The lowest BCUT2D eigenvalue weighted by molar-refractivity contribution is -0.113. The molecule has 0 radical (unpaired) electrons. The van der Waals surface area contributed by atoms with E-state index in [4.69, 9.17) is 4.74 Å². The van der Waals surface area contributed by atoms with Crippen LogP contribution in [0.15, 0.2) is 46.0 Å². The van der Waals surface area contributed by atoms with Crippen molar-refractivity contribution in [2.75, 3.05) is 11.1 Å². The minimum Gasteiger partial charge on any atom is -0.483 e. The number of nitrogens with zero attached hydrogens (tertiary/aromatic N) is 3. The SMILES string of the molecule is CCc1ccc(O[C@H](C)c2nnc(SCC(=O)Nc3cc(C)c(C)cc3Br)n2C)cc1. The molecule has 1 heterocycles. The molecule has 8 heteroatoms. The number of nitrogens with one attached hydrogen (secondary N) is 1. The first-order valence-corrected chi connectivity index (χ1v) is 11.9. The van der Waals surface area contributed by atoms with Gasteiger partial charge in [0.25, 0.3) is 0 Å². The lowest BCUT2D eigenvalue weighted by Crippen LogP contribution is -2.15. The number of ether oxygens (including phenoxy) is 1. The van der Waals surface area contributed by atoms with Gasteiger partial charge < -0.3 is 14.6 Å². The Kier molecular flexibility index (Phi) is 7.78. The zero-order valence-electron chi connectivity index (χ0n) is 18.4. The second-order valence-corrected chi connectivity index (χ2v) is 9.21. The van der Waals surface area contributed by atoms with Crippen molar-refractivity contribution in [2.45, 2.75) is 45.4 Å². The van der Waals surface area contributed by atoms with Crippen LogP contribution in [-0.2, 0) is 18.3 Å². The number of benzene rings is 2. The van der Waals surface area contributed by atoms with Gasteiger partial charge in [0.1, 0.15) is 5.75 Å². The van der Waals surface area contributed by atoms with Gasteiger partial charge in [0, 0.05) is 11.5 Å². The van der Waals surface area contributed by atoms with Crippen LogP contribution in [0.4, 0.5) is 5.69 Å². The van der Waals surface area contributed by atoms with Gasteiger partial charge in [-0.25, -0.2) is 0 Å². The van der Waals surface area contributed by atoms with Gasteiger partial charge in [-0.15, -0.1) is 10.2 Å². The number of aromatic nitrogens is 3. The average Bonchev–Trinajstić information content (AvgIpc) is 3.11. The molecule has 2 aromatic carbocycles. The fourth-order valence-corrected chi connectivity index (χ4v) is 4.33. The van der Waals surface area contributed by atoms with E-state index in [0.717, 1.165) is 27.9 Å². The summed E-state index contributed by atoms with van der Waals surface area (Å²) in [4.78, 5) is 12.4. The Hall–Kier alpha value is -2.32. The molecule has 0 aliphatic carbocycles. The van der Waals surface area contributed by atoms with E-state index in [2.05, 4.69) is 50.5 Å².